The van der Waals surface area contributed by atoms with Crippen LogP contribution in [0.1, 0.15) is 58.8 Å². The SMILES string of the molecule is CC(=O)SCCN(CCC12CC3CC(CC(C3)C1)C2)C(=O)NC(C)C(=O)N1CCOCC1. The number of carbonyl (C=O) groups excluding carboxylic acids is 3. The summed E-state index contributed by atoms with van der Waals surface area (Å²) >= 11 is 1.26. The first kappa shape index (κ1) is 23.9. The van der Waals surface area contributed by atoms with Crippen molar-refractivity contribution in [3.05, 3.63) is 0 Å². The number of rotatable bonds is 8. The summed E-state index contributed by atoms with van der Waals surface area (Å²) in [7, 11) is 0. The molecular weight excluding hydrogens is 426 g/mol. The predicted octanol–water partition coefficient (Wildman–Crippen LogP) is 3.13. The fourth-order valence-corrected chi connectivity index (χ4v) is 7.58. The van der Waals surface area contributed by atoms with Crippen molar-refractivity contribution in [2.75, 3.05) is 45.1 Å². The molecular formula is C24H39N3O4S. The van der Waals surface area contributed by atoms with E-state index in [0.29, 0.717) is 50.6 Å². The molecule has 4 bridgehead atoms. The third kappa shape index (κ3) is 5.79. The summed E-state index contributed by atoms with van der Waals surface area (Å²) in [5.74, 6) is 3.21. The van der Waals surface area contributed by atoms with Crippen molar-refractivity contribution in [2.24, 2.45) is 23.2 Å². The molecule has 3 amide bonds. The van der Waals surface area contributed by atoms with Crippen LogP contribution in [0.25, 0.3) is 0 Å². The van der Waals surface area contributed by atoms with Gasteiger partial charge >= 0.3 is 6.03 Å². The first-order valence-corrected chi connectivity index (χ1v) is 13.4. The zero-order valence-electron chi connectivity index (χ0n) is 19.6. The average Bonchev–Trinajstić information content (AvgIpc) is 2.74. The molecule has 1 saturated heterocycles. The van der Waals surface area contributed by atoms with E-state index in [0.717, 1.165) is 24.2 Å². The number of hydrogen-bond acceptors (Lipinski definition) is 5. The molecule has 5 rings (SSSR count). The number of urea groups is 1. The second-order valence-electron chi connectivity index (χ2n) is 10.6. The van der Waals surface area contributed by atoms with Gasteiger partial charge in [0.25, 0.3) is 0 Å². The number of ether oxygens (including phenoxy) is 1. The van der Waals surface area contributed by atoms with Gasteiger partial charge in [-0.2, -0.15) is 0 Å². The number of thioether (sulfide) groups is 1. The molecule has 0 aromatic carbocycles. The smallest absolute Gasteiger partial charge is 0.318 e. The van der Waals surface area contributed by atoms with E-state index in [1.165, 1.54) is 50.3 Å². The molecule has 8 heteroatoms. The molecule has 0 radical (unpaired) electrons. The molecule has 5 fully saturated rings. The van der Waals surface area contributed by atoms with Crippen LogP contribution >= 0.6 is 11.8 Å². The Morgan fingerprint density at radius 1 is 1.06 bits per heavy atom. The van der Waals surface area contributed by atoms with Crippen molar-refractivity contribution in [1.29, 1.82) is 0 Å². The highest BCUT2D eigenvalue weighted by molar-refractivity contribution is 8.13. The fourth-order valence-electron chi connectivity index (χ4n) is 6.98. The highest BCUT2D eigenvalue weighted by atomic mass is 32.2. The van der Waals surface area contributed by atoms with Gasteiger partial charge < -0.3 is 19.9 Å². The number of carbonyl (C=O) groups is 3. The summed E-state index contributed by atoms with van der Waals surface area (Å²) in [6.45, 7) is 6.80. The van der Waals surface area contributed by atoms with Gasteiger partial charge in [0, 0.05) is 38.9 Å². The van der Waals surface area contributed by atoms with E-state index in [2.05, 4.69) is 5.32 Å². The second kappa shape index (κ2) is 10.3. The molecule has 1 heterocycles. The molecule has 5 aliphatic rings. The summed E-state index contributed by atoms with van der Waals surface area (Å²) in [5, 5.41) is 3.01. The number of morpholine rings is 1. The van der Waals surface area contributed by atoms with Gasteiger partial charge in [0.15, 0.2) is 5.12 Å². The number of amides is 3. The number of nitrogens with zero attached hydrogens (tertiary/aromatic N) is 2. The molecule has 1 aliphatic heterocycles. The molecule has 7 nitrogen and oxygen atoms in total. The maximum atomic E-state index is 13.2. The van der Waals surface area contributed by atoms with Crippen LogP contribution in [0.2, 0.25) is 0 Å². The minimum Gasteiger partial charge on any atom is -0.378 e. The lowest BCUT2D eigenvalue weighted by atomic mass is 9.49. The van der Waals surface area contributed by atoms with Crippen LogP contribution in [0, 0.1) is 23.2 Å². The van der Waals surface area contributed by atoms with Crippen LogP contribution in [-0.2, 0) is 14.3 Å². The molecule has 1 atom stereocenters. The Kier molecular flexibility index (Phi) is 7.70. The van der Waals surface area contributed by atoms with Crippen molar-refractivity contribution in [3.8, 4) is 0 Å². The van der Waals surface area contributed by atoms with Crippen molar-refractivity contribution in [3.63, 3.8) is 0 Å². The summed E-state index contributed by atoms with van der Waals surface area (Å²) in [6.07, 6.45) is 9.26. The van der Waals surface area contributed by atoms with Crippen molar-refractivity contribution < 1.29 is 19.1 Å². The van der Waals surface area contributed by atoms with Crippen LogP contribution in [0.4, 0.5) is 4.79 Å². The lowest BCUT2D eigenvalue weighted by Gasteiger charge is -2.57. The first-order chi connectivity index (χ1) is 15.3. The van der Waals surface area contributed by atoms with Gasteiger partial charge in [-0.05, 0) is 75.0 Å². The van der Waals surface area contributed by atoms with E-state index in [9.17, 15) is 14.4 Å². The van der Waals surface area contributed by atoms with E-state index in [1.807, 2.05) is 4.90 Å². The second-order valence-corrected chi connectivity index (χ2v) is 11.9. The van der Waals surface area contributed by atoms with Gasteiger partial charge in [0.05, 0.1) is 13.2 Å². The highest BCUT2D eigenvalue weighted by Gasteiger charge is 2.50. The van der Waals surface area contributed by atoms with Crippen LogP contribution in [0.15, 0.2) is 0 Å². The largest absolute Gasteiger partial charge is 0.378 e. The summed E-state index contributed by atoms with van der Waals surface area (Å²) < 4.78 is 5.33. The monoisotopic (exact) mass is 465 g/mol. The molecule has 1 unspecified atom stereocenters. The topological polar surface area (TPSA) is 79.0 Å². The fraction of sp³-hybridized carbons (Fsp3) is 0.875. The van der Waals surface area contributed by atoms with Crippen molar-refractivity contribution >= 4 is 28.8 Å². The van der Waals surface area contributed by atoms with Gasteiger partial charge in [-0.15, -0.1) is 0 Å². The van der Waals surface area contributed by atoms with Gasteiger partial charge in [0.1, 0.15) is 6.04 Å². The van der Waals surface area contributed by atoms with Crippen LogP contribution in [0.3, 0.4) is 0 Å². The maximum absolute atomic E-state index is 13.2. The lowest BCUT2D eigenvalue weighted by molar-refractivity contribution is -0.136. The molecule has 1 N–H and O–H groups in total. The van der Waals surface area contributed by atoms with Crippen molar-refractivity contribution in [1.82, 2.24) is 15.1 Å². The molecule has 0 aromatic rings. The Bertz CT molecular complexity index is 674. The van der Waals surface area contributed by atoms with Crippen LogP contribution in [0.5, 0.6) is 0 Å². The molecule has 32 heavy (non-hydrogen) atoms. The summed E-state index contributed by atoms with van der Waals surface area (Å²) in [5.41, 5.74) is 0.399. The van der Waals surface area contributed by atoms with Gasteiger partial charge in [-0.25, -0.2) is 4.79 Å². The molecule has 0 aromatic heterocycles. The summed E-state index contributed by atoms with van der Waals surface area (Å²) in [4.78, 5) is 40.9. The third-order valence-corrected chi connectivity index (χ3v) is 8.86. The minimum absolute atomic E-state index is 0.0548. The number of nitrogens with one attached hydrogen (secondary N) is 1. The lowest BCUT2D eigenvalue weighted by Crippen LogP contribution is -2.54. The van der Waals surface area contributed by atoms with E-state index >= 15 is 0 Å². The molecule has 4 aliphatic carbocycles. The highest BCUT2D eigenvalue weighted by Crippen LogP contribution is 2.61. The van der Waals surface area contributed by atoms with E-state index < -0.39 is 6.04 Å². The van der Waals surface area contributed by atoms with Crippen molar-refractivity contribution in [2.45, 2.75) is 64.8 Å². The van der Waals surface area contributed by atoms with Gasteiger partial charge in [-0.3, -0.25) is 9.59 Å². The number of hydrogen-bond donors (Lipinski definition) is 1. The third-order valence-electron chi connectivity index (χ3n) is 8.06. The van der Waals surface area contributed by atoms with Gasteiger partial charge in [0.2, 0.25) is 5.91 Å². The zero-order chi connectivity index (χ0) is 22.7. The normalized spacial score (nSPS) is 31.9. The molecule has 0 spiro atoms. The van der Waals surface area contributed by atoms with Gasteiger partial charge in [-0.1, -0.05) is 11.8 Å². The van der Waals surface area contributed by atoms with Crippen LogP contribution < -0.4 is 5.32 Å². The minimum atomic E-state index is -0.567. The Morgan fingerprint density at radius 3 is 2.22 bits per heavy atom. The van der Waals surface area contributed by atoms with E-state index in [-0.39, 0.29) is 17.1 Å². The molecule has 180 valence electrons. The maximum Gasteiger partial charge on any atom is 0.318 e. The molecule has 4 saturated carbocycles. The van der Waals surface area contributed by atoms with Crippen LogP contribution in [-0.4, -0.2) is 78.0 Å². The zero-order valence-corrected chi connectivity index (χ0v) is 20.5. The van der Waals surface area contributed by atoms with E-state index in [4.69, 9.17) is 4.74 Å². The standard InChI is InChI=1S/C24H39N3O4S/c1-17(22(29)26-5-8-31-9-6-26)25-23(30)27(7-10-32-18(2)28)4-3-24-14-19-11-20(15-24)13-21(12-19)16-24/h17,19-21H,3-16H2,1-2H3,(H,25,30). The Balaban J connectivity index is 1.34. The van der Waals surface area contributed by atoms with E-state index in [1.54, 1.807) is 18.7 Å². The Hall–Kier alpha value is -1.28. The Labute approximate surface area is 196 Å². The quantitative estimate of drug-likeness (QED) is 0.596. The average molecular weight is 466 g/mol. The first-order valence-electron chi connectivity index (χ1n) is 12.4. The summed E-state index contributed by atoms with van der Waals surface area (Å²) in [6, 6.07) is -0.754. The predicted molar refractivity (Wildman–Crippen MR) is 125 cm³/mol. The Morgan fingerprint density at radius 2 is 1.66 bits per heavy atom.